The molecule has 0 saturated carbocycles. The van der Waals surface area contributed by atoms with Crippen molar-refractivity contribution in [2.45, 2.75) is 11.8 Å². The average molecular weight is 240 g/mol. The second-order valence-corrected chi connectivity index (χ2v) is 4.28. The summed E-state index contributed by atoms with van der Waals surface area (Å²) in [7, 11) is -4.66. The van der Waals surface area contributed by atoms with Crippen molar-refractivity contribution in [2.75, 3.05) is 0 Å². The van der Waals surface area contributed by atoms with Gasteiger partial charge in [0.15, 0.2) is 0 Å². The van der Waals surface area contributed by atoms with Crippen LogP contribution in [0.4, 0.5) is 0 Å². The Bertz CT molecular complexity index is 443. The van der Waals surface area contributed by atoms with Crippen molar-refractivity contribution in [1.29, 1.82) is 0 Å². The molecule has 0 aliphatic rings. The van der Waals surface area contributed by atoms with Crippen molar-refractivity contribution >= 4 is 21.7 Å². The molecule has 1 aromatic carbocycles. The first-order chi connectivity index (χ1) is 5.82. The van der Waals surface area contributed by atoms with Gasteiger partial charge in [-0.1, -0.05) is 11.6 Å². The van der Waals surface area contributed by atoms with Crippen LogP contribution in [0.5, 0.6) is 5.75 Å². The normalized spacial score (nSPS) is 10.8. The van der Waals surface area contributed by atoms with E-state index in [-0.39, 0.29) is 11.2 Å². The van der Waals surface area contributed by atoms with Crippen molar-refractivity contribution in [3.8, 4) is 5.75 Å². The molecule has 0 bridgehead atoms. The summed E-state index contributed by atoms with van der Waals surface area (Å²) in [6.45, 7) is 1.59. The minimum Gasteiger partial charge on any atom is -0.744 e. The first-order valence-electron chi connectivity index (χ1n) is 3.27. The summed E-state index contributed by atoms with van der Waals surface area (Å²) < 4.78 is 31.6. The van der Waals surface area contributed by atoms with Gasteiger partial charge in [-0.2, -0.15) is 0 Å². The van der Waals surface area contributed by atoms with Crippen LogP contribution in [-0.4, -0.2) is 18.1 Å². The lowest BCUT2D eigenvalue weighted by Crippen LogP contribution is -1.99. The molecular weight excluding hydrogens is 230 g/mol. The second-order valence-electron chi connectivity index (χ2n) is 2.52. The zero-order valence-electron chi connectivity index (χ0n) is 7.61. The standard InChI is InChI=1S/C7H7ClO4S.H3N/c1-4-2-6(9)7(3-5(4)8)13(10,11)12;/h2-3,9H,1H3,(H,10,11,12);1H3. The number of hydrogen-bond donors (Lipinski definition) is 2. The van der Waals surface area contributed by atoms with Crippen molar-refractivity contribution in [1.82, 2.24) is 6.15 Å². The van der Waals surface area contributed by atoms with Gasteiger partial charge in [-0.3, -0.25) is 0 Å². The molecule has 0 aromatic heterocycles. The fraction of sp³-hybridized carbons (Fsp3) is 0.143. The Hall–Kier alpha value is -0.820. The molecule has 5 nitrogen and oxygen atoms in total. The molecule has 0 heterocycles. The van der Waals surface area contributed by atoms with E-state index >= 15 is 0 Å². The third kappa shape index (κ3) is 2.58. The molecule has 0 radical (unpaired) electrons. The fourth-order valence-corrected chi connectivity index (χ4v) is 1.65. The Labute approximate surface area is 86.7 Å². The zero-order valence-corrected chi connectivity index (χ0v) is 9.19. The van der Waals surface area contributed by atoms with E-state index in [1.807, 2.05) is 0 Å². The van der Waals surface area contributed by atoms with Crippen LogP contribution in [0, 0.1) is 6.92 Å². The Balaban J connectivity index is 0.00000169. The molecule has 1 aromatic rings. The van der Waals surface area contributed by atoms with Crippen LogP contribution in [0.15, 0.2) is 17.0 Å². The minimum absolute atomic E-state index is 0. The van der Waals surface area contributed by atoms with E-state index in [4.69, 9.17) is 16.7 Å². The summed E-state index contributed by atoms with van der Waals surface area (Å²) in [6, 6.07) is 2.07. The van der Waals surface area contributed by atoms with Crippen LogP contribution in [0.3, 0.4) is 0 Å². The Kier molecular flexibility index (Phi) is 3.90. The Morgan fingerprint density at radius 2 is 1.93 bits per heavy atom. The topological polar surface area (TPSA) is 114 Å². The van der Waals surface area contributed by atoms with Crippen LogP contribution in [-0.2, 0) is 10.1 Å². The predicted molar refractivity (Wildman–Crippen MR) is 51.8 cm³/mol. The molecule has 1 rings (SSSR count). The van der Waals surface area contributed by atoms with Gasteiger partial charge < -0.3 is 15.8 Å². The second kappa shape index (κ2) is 4.14. The number of hydrogen-bond acceptors (Lipinski definition) is 4. The third-order valence-electron chi connectivity index (χ3n) is 1.51. The van der Waals surface area contributed by atoms with Gasteiger partial charge in [-0.25, -0.2) is 8.42 Å². The monoisotopic (exact) mass is 239 g/mol. The molecule has 0 spiro atoms. The maximum atomic E-state index is 10.5. The van der Waals surface area contributed by atoms with Gasteiger partial charge in [-0.15, -0.1) is 0 Å². The third-order valence-corrected chi connectivity index (χ3v) is 2.78. The SMILES string of the molecule is Cc1cc(O)c(S(=O)(=O)[O-])cc1Cl.[NH4+]. The first kappa shape index (κ1) is 13.2. The number of quaternary nitrogens is 1. The van der Waals surface area contributed by atoms with E-state index in [0.717, 1.165) is 12.1 Å². The molecule has 0 atom stereocenters. The number of phenols is 1. The van der Waals surface area contributed by atoms with E-state index in [2.05, 4.69) is 0 Å². The fourth-order valence-electron chi connectivity index (χ4n) is 0.848. The van der Waals surface area contributed by atoms with E-state index in [0.29, 0.717) is 5.56 Å². The van der Waals surface area contributed by atoms with Gasteiger partial charge >= 0.3 is 0 Å². The highest BCUT2D eigenvalue weighted by molar-refractivity contribution is 7.85. The van der Waals surface area contributed by atoms with Crippen molar-refractivity contribution < 1.29 is 18.1 Å². The molecule has 7 heteroatoms. The number of phenolic OH excluding ortho intramolecular Hbond substituents is 1. The predicted octanol–water partition coefficient (Wildman–Crippen LogP) is 1.63. The minimum atomic E-state index is -4.66. The molecule has 0 saturated heterocycles. The highest BCUT2D eigenvalue weighted by Gasteiger charge is 2.10. The van der Waals surface area contributed by atoms with Gasteiger partial charge in [0, 0.05) is 5.02 Å². The highest BCUT2D eigenvalue weighted by atomic mass is 35.5. The van der Waals surface area contributed by atoms with Crippen molar-refractivity contribution in [2.24, 2.45) is 0 Å². The van der Waals surface area contributed by atoms with Gasteiger partial charge in [0.2, 0.25) is 0 Å². The quantitative estimate of drug-likeness (QED) is 0.725. The maximum absolute atomic E-state index is 10.5. The summed E-state index contributed by atoms with van der Waals surface area (Å²) >= 11 is 5.58. The van der Waals surface area contributed by atoms with Gasteiger partial charge in [-0.05, 0) is 24.6 Å². The number of halogens is 1. The highest BCUT2D eigenvalue weighted by Crippen LogP contribution is 2.28. The lowest BCUT2D eigenvalue weighted by atomic mass is 10.2. The molecule has 0 amide bonds. The molecule has 0 aliphatic carbocycles. The number of aryl methyl sites for hydroxylation is 1. The molecule has 80 valence electrons. The summed E-state index contributed by atoms with van der Waals surface area (Å²) in [4.78, 5) is -0.692. The molecule has 0 fully saturated rings. The summed E-state index contributed by atoms with van der Waals surface area (Å²) in [5.41, 5.74) is 0.506. The van der Waals surface area contributed by atoms with Crippen LogP contribution < -0.4 is 6.15 Å². The Morgan fingerprint density at radius 1 is 1.43 bits per heavy atom. The average Bonchev–Trinajstić information content (AvgIpc) is 1.94. The number of aromatic hydroxyl groups is 1. The van der Waals surface area contributed by atoms with Gasteiger partial charge in [0.25, 0.3) is 0 Å². The van der Waals surface area contributed by atoms with Crippen LogP contribution in [0.2, 0.25) is 5.02 Å². The van der Waals surface area contributed by atoms with E-state index in [1.165, 1.54) is 0 Å². The maximum Gasteiger partial charge on any atom is 0.133 e. The largest absolute Gasteiger partial charge is 0.744 e. The first-order valence-corrected chi connectivity index (χ1v) is 5.06. The van der Waals surface area contributed by atoms with Crippen LogP contribution >= 0.6 is 11.6 Å². The molecular formula is C7H10ClNO4S. The Morgan fingerprint density at radius 3 is 2.36 bits per heavy atom. The smallest absolute Gasteiger partial charge is 0.133 e. The van der Waals surface area contributed by atoms with Gasteiger partial charge in [0.05, 0.1) is 4.90 Å². The zero-order chi connectivity index (χ0) is 10.2. The lowest BCUT2D eigenvalue weighted by Gasteiger charge is -2.10. The molecule has 0 unspecified atom stereocenters. The molecule has 14 heavy (non-hydrogen) atoms. The van der Waals surface area contributed by atoms with E-state index in [1.54, 1.807) is 6.92 Å². The van der Waals surface area contributed by atoms with Crippen LogP contribution in [0.25, 0.3) is 0 Å². The number of rotatable bonds is 1. The molecule has 0 aliphatic heterocycles. The van der Waals surface area contributed by atoms with Gasteiger partial charge in [0.1, 0.15) is 15.9 Å². The van der Waals surface area contributed by atoms with E-state index in [9.17, 15) is 13.0 Å². The van der Waals surface area contributed by atoms with E-state index < -0.39 is 20.8 Å². The lowest BCUT2D eigenvalue weighted by molar-refractivity contribution is 0.435. The van der Waals surface area contributed by atoms with Crippen LogP contribution in [0.1, 0.15) is 5.56 Å². The number of benzene rings is 1. The summed E-state index contributed by atoms with van der Waals surface area (Å²) in [6.07, 6.45) is 0. The van der Waals surface area contributed by atoms with Crippen molar-refractivity contribution in [3.05, 3.63) is 22.7 Å². The summed E-state index contributed by atoms with van der Waals surface area (Å²) in [5, 5.41) is 9.25. The molecule has 5 N–H and O–H groups in total. The summed E-state index contributed by atoms with van der Waals surface area (Å²) in [5.74, 6) is -0.572. The van der Waals surface area contributed by atoms with Crippen molar-refractivity contribution in [3.63, 3.8) is 0 Å².